The van der Waals surface area contributed by atoms with E-state index >= 15 is 0 Å². The lowest BCUT2D eigenvalue weighted by Gasteiger charge is -2.36. The molecule has 0 saturated carbocycles. The highest BCUT2D eigenvalue weighted by molar-refractivity contribution is 5.83. The summed E-state index contributed by atoms with van der Waals surface area (Å²) in [6, 6.07) is 1.64. The number of piperidine rings is 1. The molecule has 6 heteroatoms. The maximum atomic E-state index is 11.6. The molecule has 3 rings (SSSR count). The summed E-state index contributed by atoms with van der Waals surface area (Å²) in [5, 5.41) is 2.88. The molecule has 1 aromatic heterocycles. The highest BCUT2D eigenvalue weighted by atomic mass is 16.2. The van der Waals surface area contributed by atoms with Gasteiger partial charge >= 0.3 is 0 Å². The molecule has 6 nitrogen and oxygen atoms in total. The number of anilines is 1. The number of amides is 1. The van der Waals surface area contributed by atoms with E-state index in [1.165, 1.54) is 12.4 Å². The summed E-state index contributed by atoms with van der Waals surface area (Å²) in [6.45, 7) is 1.50. The predicted octanol–water partition coefficient (Wildman–Crippen LogP) is -0.515. The predicted molar refractivity (Wildman–Crippen MR) is 61.7 cm³/mol. The highest BCUT2D eigenvalue weighted by Crippen LogP contribution is 2.29. The van der Waals surface area contributed by atoms with Crippen LogP contribution in [0.5, 0.6) is 0 Å². The van der Waals surface area contributed by atoms with Crippen LogP contribution >= 0.6 is 0 Å². The van der Waals surface area contributed by atoms with Crippen LogP contribution in [0.4, 0.5) is 5.82 Å². The van der Waals surface area contributed by atoms with E-state index in [1.54, 1.807) is 0 Å². The number of nitrogens with one attached hydrogen (secondary N) is 2. The van der Waals surface area contributed by atoms with Gasteiger partial charge in [-0.3, -0.25) is 9.59 Å². The van der Waals surface area contributed by atoms with Crippen LogP contribution in [-0.2, 0) is 4.79 Å². The van der Waals surface area contributed by atoms with E-state index in [4.69, 9.17) is 0 Å². The first-order valence-electron chi connectivity index (χ1n) is 5.85. The molecule has 2 saturated heterocycles. The van der Waals surface area contributed by atoms with Crippen molar-refractivity contribution in [2.24, 2.45) is 5.92 Å². The van der Waals surface area contributed by atoms with Gasteiger partial charge in [0.2, 0.25) is 5.91 Å². The SMILES string of the molecule is O=C1NCC2C1CCCN2c1cc(=O)[nH]cn1. The molecule has 0 aliphatic carbocycles. The summed E-state index contributed by atoms with van der Waals surface area (Å²) in [5.74, 6) is 0.842. The first kappa shape index (κ1) is 10.3. The smallest absolute Gasteiger partial charge is 0.252 e. The van der Waals surface area contributed by atoms with Crippen LogP contribution in [0.15, 0.2) is 17.2 Å². The number of aromatic nitrogens is 2. The Kier molecular flexibility index (Phi) is 2.35. The lowest BCUT2D eigenvalue weighted by atomic mass is 9.91. The normalized spacial score (nSPS) is 27.8. The zero-order valence-electron chi connectivity index (χ0n) is 9.35. The van der Waals surface area contributed by atoms with Crippen LogP contribution in [0.2, 0.25) is 0 Å². The van der Waals surface area contributed by atoms with E-state index in [-0.39, 0.29) is 23.4 Å². The van der Waals surface area contributed by atoms with Gasteiger partial charge in [-0.1, -0.05) is 0 Å². The van der Waals surface area contributed by atoms with Gasteiger partial charge in [-0.25, -0.2) is 4.98 Å². The van der Waals surface area contributed by atoms with Crippen LogP contribution < -0.4 is 15.8 Å². The van der Waals surface area contributed by atoms with Gasteiger partial charge in [0.25, 0.3) is 5.56 Å². The Bertz CT molecular complexity index is 498. The van der Waals surface area contributed by atoms with Gasteiger partial charge in [0, 0.05) is 19.2 Å². The van der Waals surface area contributed by atoms with E-state index in [1.807, 2.05) is 0 Å². The number of H-pyrrole nitrogens is 1. The van der Waals surface area contributed by atoms with Crippen molar-refractivity contribution in [2.45, 2.75) is 18.9 Å². The van der Waals surface area contributed by atoms with Crippen molar-refractivity contribution >= 4 is 11.7 Å². The maximum absolute atomic E-state index is 11.6. The fraction of sp³-hybridized carbons (Fsp3) is 0.545. The second-order valence-corrected chi connectivity index (χ2v) is 4.52. The van der Waals surface area contributed by atoms with Crippen LogP contribution in [-0.4, -0.2) is 35.0 Å². The molecular weight excluding hydrogens is 220 g/mol. The van der Waals surface area contributed by atoms with Gasteiger partial charge in [0.1, 0.15) is 5.82 Å². The number of carbonyl (C=O) groups excluding carboxylic acids is 1. The summed E-state index contributed by atoms with van der Waals surface area (Å²) in [6.07, 6.45) is 3.30. The van der Waals surface area contributed by atoms with Crippen molar-refractivity contribution in [3.05, 3.63) is 22.7 Å². The van der Waals surface area contributed by atoms with Gasteiger partial charge < -0.3 is 15.2 Å². The Morgan fingerprint density at radius 1 is 1.41 bits per heavy atom. The Hall–Kier alpha value is -1.85. The average Bonchev–Trinajstić information content (AvgIpc) is 2.71. The van der Waals surface area contributed by atoms with E-state index in [0.29, 0.717) is 12.4 Å². The molecule has 2 unspecified atom stereocenters. The van der Waals surface area contributed by atoms with Gasteiger partial charge in [-0.05, 0) is 12.8 Å². The Balaban J connectivity index is 1.92. The van der Waals surface area contributed by atoms with Gasteiger partial charge in [-0.2, -0.15) is 0 Å². The van der Waals surface area contributed by atoms with E-state index in [2.05, 4.69) is 20.2 Å². The number of aromatic amines is 1. The number of hydrogen-bond donors (Lipinski definition) is 2. The van der Waals surface area contributed by atoms with Crippen molar-refractivity contribution < 1.29 is 4.79 Å². The van der Waals surface area contributed by atoms with Crippen molar-refractivity contribution in [1.29, 1.82) is 0 Å². The second kappa shape index (κ2) is 3.87. The molecule has 0 radical (unpaired) electrons. The molecule has 2 fully saturated rings. The molecular formula is C11H14N4O2. The quantitative estimate of drug-likeness (QED) is 0.685. The summed E-state index contributed by atoms with van der Waals surface area (Å²) in [7, 11) is 0. The van der Waals surface area contributed by atoms with Gasteiger partial charge in [0.05, 0.1) is 18.3 Å². The van der Waals surface area contributed by atoms with Crippen LogP contribution in [0.1, 0.15) is 12.8 Å². The second-order valence-electron chi connectivity index (χ2n) is 4.52. The molecule has 2 aliphatic rings. The zero-order valence-corrected chi connectivity index (χ0v) is 9.35. The summed E-state index contributed by atoms with van der Waals surface area (Å²) < 4.78 is 0. The minimum atomic E-state index is -0.158. The fourth-order valence-electron chi connectivity index (χ4n) is 2.75. The summed E-state index contributed by atoms with van der Waals surface area (Å²) >= 11 is 0. The number of fused-ring (bicyclic) bond motifs is 1. The van der Waals surface area contributed by atoms with E-state index in [0.717, 1.165) is 19.4 Å². The van der Waals surface area contributed by atoms with Crippen LogP contribution in [0.25, 0.3) is 0 Å². The van der Waals surface area contributed by atoms with Crippen molar-refractivity contribution in [1.82, 2.24) is 15.3 Å². The lowest BCUT2D eigenvalue weighted by Crippen LogP contribution is -2.46. The Morgan fingerprint density at radius 2 is 2.29 bits per heavy atom. The molecule has 0 spiro atoms. The lowest BCUT2D eigenvalue weighted by molar-refractivity contribution is -0.122. The Morgan fingerprint density at radius 3 is 3.12 bits per heavy atom. The molecule has 0 bridgehead atoms. The van der Waals surface area contributed by atoms with Crippen molar-refractivity contribution in [2.75, 3.05) is 18.0 Å². The summed E-state index contributed by atoms with van der Waals surface area (Å²) in [4.78, 5) is 31.7. The topological polar surface area (TPSA) is 78.1 Å². The monoisotopic (exact) mass is 234 g/mol. The third-order valence-corrected chi connectivity index (χ3v) is 3.56. The molecule has 0 aromatic carbocycles. The van der Waals surface area contributed by atoms with Crippen LogP contribution in [0, 0.1) is 5.92 Å². The third kappa shape index (κ3) is 1.69. The van der Waals surface area contributed by atoms with Crippen molar-refractivity contribution in [3.8, 4) is 0 Å². The molecule has 90 valence electrons. The average molecular weight is 234 g/mol. The largest absolute Gasteiger partial charge is 0.354 e. The number of rotatable bonds is 1. The zero-order chi connectivity index (χ0) is 11.8. The minimum Gasteiger partial charge on any atom is -0.354 e. The first-order valence-corrected chi connectivity index (χ1v) is 5.85. The van der Waals surface area contributed by atoms with Crippen LogP contribution in [0.3, 0.4) is 0 Å². The number of carbonyl (C=O) groups is 1. The first-order chi connectivity index (χ1) is 8.25. The number of nitrogens with zero attached hydrogens (tertiary/aromatic N) is 2. The maximum Gasteiger partial charge on any atom is 0.252 e. The highest BCUT2D eigenvalue weighted by Gasteiger charge is 2.41. The fourth-order valence-corrected chi connectivity index (χ4v) is 2.75. The standard InChI is InChI=1S/C11H14N4O2/c16-10-4-9(13-6-14-10)15-3-1-2-7-8(15)5-12-11(7)17/h4,6-8H,1-3,5H2,(H,12,17)(H,13,14,16). The van der Waals surface area contributed by atoms with Crippen molar-refractivity contribution in [3.63, 3.8) is 0 Å². The molecule has 2 N–H and O–H groups in total. The molecule has 17 heavy (non-hydrogen) atoms. The van der Waals surface area contributed by atoms with E-state index < -0.39 is 0 Å². The van der Waals surface area contributed by atoms with Gasteiger partial charge in [0.15, 0.2) is 0 Å². The van der Waals surface area contributed by atoms with E-state index in [9.17, 15) is 9.59 Å². The number of hydrogen-bond acceptors (Lipinski definition) is 4. The molecule has 2 atom stereocenters. The molecule has 1 amide bonds. The minimum absolute atomic E-state index is 0.0461. The molecule has 2 aliphatic heterocycles. The molecule has 3 heterocycles. The third-order valence-electron chi connectivity index (χ3n) is 3.56. The summed E-state index contributed by atoms with van der Waals surface area (Å²) in [5.41, 5.74) is -0.158. The van der Waals surface area contributed by atoms with Gasteiger partial charge in [-0.15, -0.1) is 0 Å². The molecule has 1 aromatic rings. The Labute approximate surface area is 98.0 Å².